The number of thiophene rings is 1. The third-order valence-corrected chi connectivity index (χ3v) is 6.76. The largest absolute Gasteiger partial charge is 0.346 e. The molecule has 2 aromatic heterocycles. The molecule has 8 heteroatoms. The number of aryl methyl sites for hydroxylation is 5. The van der Waals surface area contributed by atoms with Gasteiger partial charge in [0, 0.05) is 16.0 Å². The molecule has 2 amide bonds. The number of nitrogens with one attached hydrogen (secondary N) is 2. The standard InChI is InChI=1S/C21H24N4O2S2/c1-11-6-12(2)19(13(3)7-11)25-16(26)8-22-17(27)9-28-20-18-14(4)15(5)29-21(18)24-10-23-20/h6-7,10H,8-9H2,1-5H3,(H,22,27)(H,25,26). The lowest BCUT2D eigenvalue weighted by molar-refractivity contribution is -0.122. The SMILES string of the molecule is Cc1cc(C)c(NC(=O)CNC(=O)CSc2ncnc3sc(C)c(C)c23)c(C)c1. The zero-order valence-corrected chi connectivity index (χ0v) is 18.8. The van der Waals surface area contributed by atoms with Crippen LogP contribution in [0.4, 0.5) is 5.69 Å². The Morgan fingerprint density at radius 2 is 1.72 bits per heavy atom. The molecule has 0 aliphatic heterocycles. The molecule has 1 aromatic carbocycles. The Balaban J connectivity index is 1.55. The molecule has 0 saturated heterocycles. The Morgan fingerprint density at radius 1 is 1.03 bits per heavy atom. The Morgan fingerprint density at radius 3 is 2.41 bits per heavy atom. The first-order valence-electron chi connectivity index (χ1n) is 9.24. The van der Waals surface area contributed by atoms with E-state index in [9.17, 15) is 9.59 Å². The van der Waals surface area contributed by atoms with Crippen molar-refractivity contribution in [2.75, 3.05) is 17.6 Å². The van der Waals surface area contributed by atoms with E-state index >= 15 is 0 Å². The molecule has 3 aromatic rings. The number of fused-ring (bicyclic) bond motifs is 1. The number of carbonyl (C=O) groups excluding carboxylic acids is 2. The Labute approximate surface area is 178 Å². The van der Waals surface area contributed by atoms with Gasteiger partial charge >= 0.3 is 0 Å². The second kappa shape index (κ2) is 8.92. The number of carbonyl (C=O) groups is 2. The van der Waals surface area contributed by atoms with Crippen molar-refractivity contribution in [3.05, 3.63) is 45.6 Å². The first kappa shape index (κ1) is 21.3. The van der Waals surface area contributed by atoms with Crippen molar-refractivity contribution in [3.63, 3.8) is 0 Å². The van der Waals surface area contributed by atoms with Crippen molar-refractivity contribution in [1.82, 2.24) is 15.3 Å². The molecule has 0 spiro atoms. The summed E-state index contributed by atoms with van der Waals surface area (Å²) < 4.78 is 0. The highest BCUT2D eigenvalue weighted by Gasteiger charge is 2.14. The number of hydrogen-bond acceptors (Lipinski definition) is 6. The summed E-state index contributed by atoms with van der Waals surface area (Å²) in [5.41, 5.74) is 5.12. The molecule has 0 aliphatic rings. The van der Waals surface area contributed by atoms with Crippen molar-refractivity contribution in [2.45, 2.75) is 39.6 Å². The van der Waals surface area contributed by atoms with Crippen LogP contribution in [0.3, 0.4) is 0 Å². The number of aromatic nitrogens is 2. The molecule has 0 saturated carbocycles. The normalized spacial score (nSPS) is 10.9. The lowest BCUT2D eigenvalue weighted by Crippen LogP contribution is -2.34. The Hall–Kier alpha value is -2.45. The van der Waals surface area contributed by atoms with E-state index in [-0.39, 0.29) is 24.1 Å². The molecule has 0 radical (unpaired) electrons. The predicted octanol–water partition coefficient (Wildman–Crippen LogP) is 4.08. The van der Waals surface area contributed by atoms with Gasteiger partial charge in [0.25, 0.3) is 0 Å². The molecular weight excluding hydrogens is 404 g/mol. The fourth-order valence-electron chi connectivity index (χ4n) is 3.18. The molecular formula is C21H24N4O2S2. The van der Waals surface area contributed by atoms with Crippen LogP contribution >= 0.6 is 23.1 Å². The van der Waals surface area contributed by atoms with E-state index in [1.165, 1.54) is 23.0 Å². The minimum absolute atomic E-state index is 0.0675. The van der Waals surface area contributed by atoms with Crippen LogP contribution in [0.5, 0.6) is 0 Å². The Bertz CT molecular complexity index is 1070. The van der Waals surface area contributed by atoms with Crippen LogP contribution in [0.25, 0.3) is 10.2 Å². The van der Waals surface area contributed by atoms with Gasteiger partial charge in [-0.05, 0) is 51.3 Å². The second-order valence-electron chi connectivity index (χ2n) is 7.03. The van der Waals surface area contributed by atoms with Gasteiger partial charge in [0.2, 0.25) is 11.8 Å². The lowest BCUT2D eigenvalue weighted by Gasteiger charge is -2.13. The van der Waals surface area contributed by atoms with Gasteiger partial charge in [-0.2, -0.15) is 0 Å². The van der Waals surface area contributed by atoms with E-state index in [0.717, 1.165) is 43.2 Å². The third kappa shape index (κ3) is 4.94. The van der Waals surface area contributed by atoms with Crippen LogP contribution in [-0.2, 0) is 9.59 Å². The van der Waals surface area contributed by atoms with Gasteiger partial charge in [-0.1, -0.05) is 29.5 Å². The van der Waals surface area contributed by atoms with E-state index < -0.39 is 0 Å². The number of amides is 2. The number of nitrogens with zero attached hydrogens (tertiary/aromatic N) is 2. The zero-order chi connectivity index (χ0) is 21.1. The molecule has 152 valence electrons. The summed E-state index contributed by atoms with van der Waals surface area (Å²) in [6, 6.07) is 4.04. The minimum atomic E-state index is -0.243. The van der Waals surface area contributed by atoms with Gasteiger partial charge in [-0.15, -0.1) is 11.3 Å². The van der Waals surface area contributed by atoms with Crippen molar-refractivity contribution in [1.29, 1.82) is 0 Å². The second-order valence-corrected chi connectivity index (χ2v) is 9.20. The summed E-state index contributed by atoms with van der Waals surface area (Å²) in [5.74, 6) is -0.262. The molecule has 29 heavy (non-hydrogen) atoms. The van der Waals surface area contributed by atoms with E-state index in [0.29, 0.717) is 0 Å². The van der Waals surface area contributed by atoms with Crippen molar-refractivity contribution in [2.24, 2.45) is 0 Å². The van der Waals surface area contributed by atoms with E-state index in [1.807, 2.05) is 39.8 Å². The summed E-state index contributed by atoms with van der Waals surface area (Å²) in [6.45, 7) is 9.97. The first-order chi connectivity index (χ1) is 13.8. The fraction of sp³-hybridized carbons (Fsp3) is 0.333. The first-order valence-corrected chi connectivity index (χ1v) is 11.0. The number of anilines is 1. The number of thioether (sulfide) groups is 1. The van der Waals surface area contributed by atoms with Crippen LogP contribution in [0.1, 0.15) is 27.1 Å². The molecule has 2 N–H and O–H groups in total. The van der Waals surface area contributed by atoms with Crippen LogP contribution in [0.15, 0.2) is 23.5 Å². The van der Waals surface area contributed by atoms with E-state index in [4.69, 9.17) is 0 Å². The lowest BCUT2D eigenvalue weighted by atomic mass is 10.1. The van der Waals surface area contributed by atoms with Crippen molar-refractivity contribution >= 4 is 50.8 Å². The number of benzene rings is 1. The summed E-state index contributed by atoms with van der Waals surface area (Å²) >= 11 is 2.99. The molecule has 2 heterocycles. The van der Waals surface area contributed by atoms with Gasteiger partial charge in [0.05, 0.1) is 12.3 Å². The molecule has 0 atom stereocenters. The van der Waals surface area contributed by atoms with Crippen molar-refractivity contribution < 1.29 is 9.59 Å². The maximum absolute atomic E-state index is 12.3. The highest BCUT2D eigenvalue weighted by molar-refractivity contribution is 8.00. The average molecular weight is 429 g/mol. The van der Waals surface area contributed by atoms with Crippen LogP contribution < -0.4 is 10.6 Å². The summed E-state index contributed by atoms with van der Waals surface area (Å²) in [7, 11) is 0. The smallest absolute Gasteiger partial charge is 0.243 e. The van der Waals surface area contributed by atoms with Gasteiger partial charge in [-0.25, -0.2) is 9.97 Å². The van der Waals surface area contributed by atoms with Gasteiger partial charge in [-0.3, -0.25) is 9.59 Å². The van der Waals surface area contributed by atoms with Gasteiger partial charge in [0.15, 0.2) is 0 Å². The topological polar surface area (TPSA) is 84.0 Å². The molecule has 0 bridgehead atoms. The third-order valence-electron chi connectivity index (χ3n) is 4.66. The molecule has 3 rings (SSSR count). The highest BCUT2D eigenvalue weighted by Crippen LogP contribution is 2.34. The van der Waals surface area contributed by atoms with E-state index in [1.54, 1.807) is 11.3 Å². The minimum Gasteiger partial charge on any atom is -0.346 e. The predicted molar refractivity (Wildman–Crippen MR) is 120 cm³/mol. The molecule has 0 aliphatic carbocycles. The Kier molecular flexibility index (Phi) is 6.54. The van der Waals surface area contributed by atoms with Gasteiger partial charge in [0.1, 0.15) is 16.2 Å². The van der Waals surface area contributed by atoms with Gasteiger partial charge < -0.3 is 10.6 Å². The summed E-state index contributed by atoms with van der Waals surface area (Å²) in [6.07, 6.45) is 1.53. The average Bonchev–Trinajstić information content (AvgIpc) is 2.96. The summed E-state index contributed by atoms with van der Waals surface area (Å²) in [5, 5.41) is 7.37. The van der Waals surface area contributed by atoms with Crippen LogP contribution in [-0.4, -0.2) is 34.1 Å². The molecule has 6 nitrogen and oxygen atoms in total. The quantitative estimate of drug-likeness (QED) is 0.457. The van der Waals surface area contributed by atoms with Crippen LogP contribution in [0.2, 0.25) is 0 Å². The maximum Gasteiger partial charge on any atom is 0.243 e. The zero-order valence-electron chi connectivity index (χ0n) is 17.2. The maximum atomic E-state index is 12.3. The fourth-order valence-corrected chi connectivity index (χ4v) is 5.13. The van der Waals surface area contributed by atoms with Crippen molar-refractivity contribution in [3.8, 4) is 0 Å². The highest BCUT2D eigenvalue weighted by atomic mass is 32.2. The van der Waals surface area contributed by atoms with Crippen LogP contribution in [0, 0.1) is 34.6 Å². The monoisotopic (exact) mass is 428 g/mol. The number of rotatable bonds is 6. The number of hydrogen-bond donors (Lipinski definition) is 2. The summed E-state index contributed by atoms with van der Waals surface area (Å²) in [4.78, 5) is 35.2. The van der Waals surface area contributed by atoms with E-state index in [2.05, 4.69) is 27.5 Å². The molecule has 0 fully saturated rings. The molecule has 0 unspecified atom stereocenters.